The van der Waals surface area contributed by atoms with Crippen LogP contribution in [-0.4, -0.2) is 20.5 Å². The maximum atomic E-state index is 10.6. The Hall–Kier alpha value is -1.56. The van der Waals surface area contributed by atoms with Crippen molar-refractivity contribution in [2.75, 3.05) is 5.73 Å². The Kier molecular flexibility index (Phi) is 2.59. The zero-order valence-electron chi connectivity index (χ0n) is 8.57. The lowest BCUT2D eigenvalue weighted by Gasteiger charge is -2.00. The minimum atomic E-state index is -0.938. The predicted molar refractivity (Wildman–Crippen MR) is 63.4 cm³/mol. The second kappa shape index (κ2) is 3.79. The molecule has 0 fully saturated rings. The molecule has 0 aliphatic heterocycles. The first-order chi connectivity index (χ1) is 7.49. The van der Waals surface area contributed by atoms with Gasteiger partial charge < -0.3 is 10.8 Å². The van der Waals surface area contributed by atoms with Crippen molar-refractivity contribution in [3.63, 3.8) is 0 Å². The molecule has 0 aliphatic carbocycles. The number of hydrogen-bond donors (Lipinski definition) is 2. The number of hydrogen-bond acceptors (Lipinski definition) is 3. The van der Waals surface area contributed by atoms with Gasteiger partial charge in [-0.1, -0.05) is 0 Å². The Bertz CT molecular complexity index is 577. The number of rotatable bonds is 2. The number of aryl methyl sites for hydroxylation is 1. The van der Waals surface area contributed by atoms with E-state index in [1.54, 1.807) is 10.6 Å². The number of nitrogens with two attached hydrogens (primary N) is 1. The first-order valence-corrected chi connectivity index (χ1v) is 5.42. The van der Waals surface area contributed by atoms with Gasteiger partial charge in [-0.2, -0.15) is 0 Å². The minimum Gasteiger partial charge on any atom is -0.481 e. The molecule has 0 unspecified atom stereocenters. The van der Waals surface area contributed by atoms with Gasteiger partial charge in [0.1, 0.15) is 11.5 Å². The minimum absolute atomic E-state index is 0.162. The zero-order chi connectivity index (χ0) is 11.9. The number of carboxylic acids is 1. The number of imidazole rings is 1. The third kappa shape index (κ3) is 1.76. The largest absolute Gasteiger partial charge is 0.481 e. The van der Waals surface area contributed by atoms with Crippen molar-refractivity contribution >= 4 is 33.4 Å². The van der Waals surface area contributed by atoms with Gasteiger partial charge in [0.2, 0.25) is 0 Å². The number of anilines is 1. The molecule has 0 bridgehead atoms. The number of pyridine rings is 1. The summed E-state index contributed by atoms with van der Waals surface area (Å²) < 4.78 is 2.57. The lowest BCUT2D eigenvalue weighted by Crippen LogP contribution is -2.03. The van der Waals surface area contributed by atoms with Gasteiger partial charge in [0.25, 0.3) is 0 Å². The highest BCUT2D eigenvalue weighted by Crippen LogP contribution is 2.22. The standard InChI is InChI=1S/C10H10BrN3O2/c1-5-2-6(11)4-14-9(12)7(3-8(15)16)13-10(5)14/h2,4H,3,12H2,1H3,(H,15,16). The number of carboxylic acid groups (broad SMARTS) is 1. The van der Waals surface area contributed by atoms with E-state index in [4.69, 9.17) is 10.8 Å². The molecule has 0 spiro atoms. The topological polar surface area (TPSA) is 80.6 Å². The molecular weight excluding hydrogens is 274 g/mol. The quantitative estimate of drug-likeness (QED) is 0.878. The molecule has 2 aromatic heterocycles. The number of carbonyl (C=O) groups is 1. The molecule has 0 aromatic carbocycles. The van der Waals surface area contributed by atoms with Crippen molar-refractivity contribution in [3.8, 4) is 0 Å². The number of aliphatic carboxylic acids is 1. The van der Waals surface area contributed by atoms with E-state index in [1.807, 2.05) is 13.0 Å². The summed E-state index contributed by atoms with van der Waals surface area (Å²) in [6.45, 7) is 1.90. The van der Waals surface area contributed by atoms with Gasteiger partial charge in [-0.05, 0) is 34.5 Å². The summed E-state index contributed by atoms with van der Waals surface area (Å²) in [5, 5.41) is 8.73. The van der Waals surface area contributed by atoms with Crippen LogP contribution in [-0.2, 0) is 11.2 Å². The van der Waals surface area contributed by atoms with E-state index in [9.17, 15) is 4.79 Å². The van der Waals surface area contributed by atoms with Crippen molar-refractivity contribution in [3.05, 3.63) is 28.0 Å². The van der Waals surface area contributed by atoms with Crippen LogP contribution in [0.15, 0.2) is 16.7 Å². The number of aromatic nitrogens is 2. The highest BCUT2D eigenvalue weighted by Gasteiger charge is 2.13. The van der Waals surface area contributed by atoms with Crippen molar-refractivity contribution in [2.24, 2.45) is 0 Å². The second-order valence-corrected chi connectivity index (χ2v) is 4.46. The lowest BCUT2D eigenvalue weighted by molar-refractivity contribution is -0.136. The van der Waals surface area contributed by atoms with Crippen LogP contribution in [0, 0.1) is 6.92 Å². The molecule has 5 nitrogen and oxygen atoms in total. The third-order valence-corrected chi connectivity index (χ3v) is 2.74. The summed E-state index contributed by atoms with van der Waals surface area (Å²) in [5.74, 6) is -0.561. The zero-order valence-corrected chi connectivity index (χ0v) is 10.2. The average Bonchev–Trinajstić information content (AvgIpc) is 2.45. The molecule has 0 amide bonds. The lowest BCUT2D eigenvalue weighted by atomic mass is 10.3. The summed E-state index contributed by atoms with van der Waals surface area (Å²) in [7, 11) is 0. The molecule has 2 aromatic rings. The van der Waals surface area contributed by atoms with E-state index in [1.165, 1.54) is 0 Å². The fourth-order valence-corrected chi connectivity index (χ4v) is 2.15. The molecule has 0 aliphatic rings. The van der Waals surface area contributed by atoms with Crippen LogP contribution >= 0.6 is 15.9 Å². The van der Waals surface area contributed by atoms with Gasteiger partial charge in [0, 0.05) is 10.7 Å². The van der Waals surface area contributed by atoms with E-state index < -0.39 is 5.97 Å². The maximum absolute atomic E-state index is 10.6. The monoisotopic (exact) mass is 283 g/mol. The molecule has 16 heavy (non-hydrogen) atoms. The van der Waals surface area contributed by atoms with Gasteiger partial charge in [-0.25, -0.2) is 4.98 Å². The number of halogens is 1. The molecule has 0 saturated carbocycles. The molecular formula is C10H10BrN3O2. The summed E-state index contributed by atoms with van der Waals surface area (Å²) in [4.78, 5) is 14.9. The predicted octanol–water partition coefficient (Wildman–Crippen LogP) is 1.61. The highest BCUT2D eigenvalue weighted by atomic mass is 79.9. The normalized spacial score (nSPS) is 10.9. The van der Waals surface area contributed by atoms with Gasteiger partial charge in [0.05, 0.1) is 12.1 Å². The Labute approximate surface area is 100 Å². The Morgan fingerprint density at radius 2 is 2.38 bits per heavy atom. The summed E-state index contributed by atoms with van der Waals surface area (Å²) in [5.41, 5.74) is 7.87. The molecule has 84 valence electrons. The van der Waals surface area contributed by atoms with Gasteiger partial charge >= 0.3 is 5.97 Å². The van der Waals surface area contributed by atoms with Gasteiger partial charge in [0.15, 0.2) is 0 Å². The maximum Gasteiger partial charge on any atom is 0.309 e. The highest BCUT2D eigenvalue weighted by molar-refractivity contribution is 9.10. The smallest absolute Gasteiger partial charge is 0.309 e. The van der Waals surface area contributed by atoms with Gasteiger partial charge in [-0.15, -0.1) is 0 Å². The molecule has 2 rings (SSSR count). The first-order valence-electron chi connectivity index (χ1n) is 4.63. The van der Waals surface area contributed by atoms with E-state index in [-0.39, 0.29) is 6.42 Å². The summed E-state index contributed by atoms with van der Waals surface area (Å²) >= 11 is 3.36. The van der Waals surface area contributed by atoms with Crippen LogP contribution in [0.2, 0.25) is 0 Å². The molecule has 0 saturated heterocycles. The van der Waals surface area contributed by atoms with Crippen LogP contribution < -0.4 is 5.73 Å². The van der Waals surface area contributed by atoms with Crippen molar-refractivity contribution in [1.29, 1.82) is 0 Å². The average molecular weight is 284 g/mol. The number of nitrogens with zero attached hydrogens (tertiary/aromatic N) is 2. The number of nitrogen functional groups attached to an aromatic ring is 1. The Morgan fingerprint density at radius 3 is 3.00 bits per heavy atom. The van der Waals surface area contributed by atoms with Crippen LogP contribution in [0.1, 0.15) is 11.3 Å². The molecule has 2 heterocycles. The van der Waals surface area contributed by atoms with Crippen LogP contribution in [0.3, 0.4) is 0 Å². The van der Waals surface area contributed by atoms with Crippen molar-refractivity contribution < 1.29 is 9.90 Å². The van der Waals surface area contributed by atoms with Gasteiger partial charge in [-0.3, -0.25) is 9.20 Å². The second-order valence-electron chi connectivity index (χ2n) is 3.55. The summed E-state index contributed by atoms with van der Waals surface area (Å²) in [6, 6.07) is 1.91. The Balaban J connectivity index is 2.67. The first kappa shape index (κ1) is 10.9. The van der Waals surface area contributed by atoms with Crippen LogP contribution in [0.4, 0.5) is 5.82 Å². The fourth-order valence-electron chi connectivity index (χ4n) is 1.61. The molecule has 0 atom stereocenters. The number of fused-ring (bicyclic) bond motifs is 1. The summed E-state index contributed by atoms with van der Waals surface area (Å²) in [6.07, 6.45) is 1.61. The van der Waals surface area contributed by atoms with E-state index in [0.717, 1.165) is 10.0 Å². The molecule has 0 radical (unpaired) electrons. The van der Waals surface area contributed by atoms with Crippen LogP contribution in [0.25, 0.3) is 5.65 Å². The van der Waals surface area contributed by atoms with E-state index in [0.29, 0.717) is 17.2 Å². The molecule has 3 N–H and O–H groups in total. The molecule has 6 heteroatoms. The van der Waals surface area contributed by atoms with Crippen LogP contribution in [0.5, 0.6) is 0 Å². The Morgan fingerprint density at radius 1 is 1.69 bits per heavy atom. The van der Waals surface area contributed by atoms with E-state index >= 15 is 0 Å². The SMILES string of the molecule is Cc1cc(Br)cn2c(N)c(CC(=O)O)nc12. The van der Waals surface area contributed by atoms with Crippen molar-refractivity contribution in [2.45, 2.75) is 13.3 Å². The van der Waals surface area contributed by atoms with Crippen molar-refractivity contribution in [1.82, 2.24) is 9.38 Å². The third-order valence-electron chi connectivity index (χ3n) is 2.30. The fraction of sp³-hybridized carbons (Fsp3) is 0.200. The van der Waals surface area contributed by atoms with E-state index in [2.05, 4.69) is 20.9 Å².